The molecule has 39 heavy (non-hydrogen) atoms. The van der Waals surface area contributed by atoms with Crippen molar-refractivity contribution in [1.82, 2.24) is 30.0 Å². The Kier molecular flexibility index (Phi) is 6.29. The van der Waals surface area contributed by atoms with Gasteiger partial charge in [0.25, 0.3) is 5.91 Å². The molecule has 2 bridgehead atoms. The third-order valence-electron chi connectivity index (χ3n) is 8.41. The molecule has 2 amide bonds. The second-order valence-electron chi connectivity index (χ2n) is 11.3. The summed E-state index contributed by atoms with van der Waals surface area (Å²) < 4.78 is 2.03. The van der Waals surface area contributed by atoms with Gasteiger partial charge in [0.15, 0.2) is 0 Å². The van der Waals surface area contributed by atoms with E-state index in [-0.39, 0.29) is 23.9 Å². The smallest absolute Gasteiger partial charge is 0.252 e. The minimum atomic E-state index is -0.288. The highest BCUT2D eigenvalue weighted by molar-refractivity contribution is 5.94. The zero-order valence-electron chi connectivity index (χ0n) is 22.2. The highest BCUT2D eigenvalue weighted by atomic mass is 16.2. The number of hydrogen-bond acceptors (Lipinski definition) is 7. The van der Waals surface area contributed by atoms with Gasteiger partial charge in [-0.2, -0.15) is 10.4 Å². The van der Waals surface area contributed by atoms with Crippen LogP contribution >= 0.6 is 0 Å². The summed E-state index contributed by atoms with van der Waals surface area (Å²) in [5.74, 6) is 0.536. The van der Waals surface area contributed by atoms with Crippen LogP contribution in [0.3, 0.4) is 0 Å². The first-order chi connectivity index (χ1) is 18.8. The normalized spacial score (nSPS) is 22.7. The van der Waals surface area contributed by atoms with Crippen LogP contribution in [0.25, 0.3) is 11.3 Å². The van der Waals surface area contributed by atoms with E-state index in [1.807, 2.05) is 36.0 Å². The second kappa shape index (κ2) is 9.80. The third kappa shape index (κ3) is 4.85. The molecule has 1 unspecified atom stereocenters. The SMILES string of the molecule is Cc1cnc(Nc2cnn(C3C[C@H]4CC[C@@H](C3)N4C(=O)C3(C)CC3)c2)nc1-c1ccc(C(=O)NCC#N)cc1. The molecule has 10 nitrogen and oxygen atoms in total. The minimum Gasteiger partial charge on any atom is -0.339 e. The molecule has 1 aliphatic carbocycles. The Morgan fingerprint density at radius 2 is 1.82 bits per heavy atom. The highest BCUT2D eigenvalue weighted by Gasteiger charge is 2.53. The zero-order valence-corrected chi connectivity index (χ0v) is 22.2. The van der Waals surface area contributed by atoms with Gasteiger partial charge in [-0.15, -0.1) is 0 Å². The van der Waals surface area contributed by atoms with E-state index >= 15 is 0 Å². The standard InChI is InChI=1S/C29H32N8O2/c1-18-15-32-28(35-25(18)19-3-5-20(6-4-19)26(38)31-12-11-30)34-21-16-33-36(17-21)24-13-22-7-8-23(14-24)37(22)27(39)29(2)9-10-29/h3-6,15-17,22-24H,7-10,12-14H2,1-2H3,(H,31,38)(H,32,34,35)/t22-,23+,24?. The number of nitrogens with zero attached hydrogens (tertiary/aromatic N) is 6. The van der Waals surface area contributed by atoms with Crippen LogP contribution in [-0.4, -0.2) is 55.1 Å². The van der Waals surface area contributed by atoms with E-state index in [1.54, 1.807) is 24.5 Å². The number of fused-ring (bicyclic) bond motifs is 2. The van der Waals surface area contributed by atoms with Crippen molar-refractivity contribution in [2.75, 3.05) is 11.9 Å². The van der Waals surface area contributed by atoms with E-state index in [9.17, 15) is 9.59 Å². The Labute approximate surface area is 227 Å². The minimum absolute atomic E-state index is 0.0310. The summed E-state index contributed by atoms with van der Waals surface area (Å²) in [5.41, 5.74) is 3.72. The molecule has 1 aromatic carbocycles. The van der Waals surface area contributed by atoms with Gasteiger partial charge in [0.2, 0.25) is 11.9 Å². The number of rotatable bonds is 7. The molecule has 2 N–H and O–H groups in total. The summed E-state index contributed by atoms with van der Waals surface area (Å²) in [6.07, 6.45) is 11.7. The first-order valence-corrected chi connectivity index (χ1v) is 13.6. The molecule has 3 fully saturated rings. The summed E-state index contributed by atoms with van der Waals surface area (Å²) in [4.78, 5) is 36.6. The molecule has 3 atom stereocenters. The van der Waals surface area contributed by atoms with Crippen LogP contribution in [0.15, 0.2) is 42.9 Å². The fourth-order valence-electron chi connectivity index (χ4n) is 5.94. The predicted octanol–water partition coefficient (Wildman–Crippen LogP) is 4.14. The molecular weight excluding hydrogens is 492 g/mol. The zero-order chi connectivity index (χ0) is 27.1. The molecule has 6 rings (SSSR count). The highest BCUT2D eigenvalue weighted by Crippen LogP contribution is 2.51. The molecule has 3 aliphatic rings. The van der Waals surface area contributed by atoms with Crippen LogP contribution in [0.4, 0.5) is 11.6 Å². The fraction of sp³-hybridized carbons (Fsp3) is 0.448. The van der Waals surface area contributed by atoms with E-state index < -0.39 is 0 Å². The van der Waals surface area contributed by atoms with Crippen molar-refractivity contribution in [2.45, 2.75) is 70.5 Å². The number of anilines is 2. The number of amides is 2. The summed E-state index contributed by atoms with van der Waals surface area (Å²) in [5, 5.41) is 19.1. The number of hydrogen-bond donors (Lipinski definition) is 2. The van der Waals surface area contributed by atoms with Crippen molar-refractivity contribution in [3.8, 4) is 17.3 Å². The third-order valence-corrected chi connectivity index (χ3v) is 8.41. The molecule has 0 spiro atoms. The van der Waals surface area contributed by atoms with Crippen LogP contribution in [0.2, 0.25) is 0 Å². The van der Waals surface area contributed by atoms with Crippen LogP contribution in [0.5, 0.6) is 0 Å². The average molecular weight is 525 g/mol. The van der Waals surface area contributed by atoms with Crippen molar-refractivity contribution in [1.29, 1.82) is 5.26 Å². The van der Waals surface area contributed by atoms with E-state index in [0.717, 1.165) is 61.0 Å². The maximum atomic E-state index is 13.1. The lowest BCUT2D eigenvalue weighted by molar-refractivity contribution is -0.141. The summed E-state index contributed by atoms with van der Waals surface area (Å²) in [6.45, 7) is 4.02. The van der Waals surface area contributed by atoms with E-state index in [4.69, 9.17) is 10.2 Å². The molecule has 200 valence electrons. The Morgan fingerprint density at radius 1 is 1.10 bits per heavy atom. The number of aryl methyl sites for hydroxylation is 1. The topological polar surface area (TPSA) is 129 Å². The van der Waals surface area contributed by atoms with Crippen molar-refractivity contribution in [3.05, 3.63) is 54.0 Å². The Morgan fingerprint density at radius 3 is 2.49 bits per heavy atom. The van der Waals surface area contributed by atoms with Gasteiger partial charge in [0.1, 0.15) is 6.54 Å². The van der Waals surface area contributed by atoms with Gasteiger partial charge in [0, 0.05) is 41.0 Å². The van der Waals surface area contributed by atoms with Crippen molar-refractivity contribution >= 4 is 23.5 Å². The predicted molar refractivity (Wildman–Crippen MR) is 145 cm³/mol. The molecule has 3 aromatic rings. The van der Waals surface area contributed by atoms with Gasteiger partial charge in [-0.05, 0) is 63.1 Å². The average Bonchev–Trinajstić information content (AvgIpc) is 3.43. The number of nitrogens with one attached hydrogen (secondary N) is 2. The molecule has 2 saturated heterocycles. The lowest BCUT2D eigenvalue weighted by Gasteiger charge is -2.40. The molecule has 1 saturated carbocycles. The molecule has 0 radical (unpaired) electrons. The number of carbonyl (C=O) groups excluding carboxylic acids is 2. The maximum absolute atomic E-state index is 13.1. The van der Waals surface area contributed by atoms with Gasteiger partial charge >= 0.3 is 0 Å². The van der Waals surface area contributed by atoms with Gasteiger partial charge < -0.3 is 15.5 Å². The molecule has 10 heteroatoms. The Hall–Kier alpha value is -4.26. The lowest BCUT2D eigenvalue weighted by atomic mass is 9.95. The lowest BCUT2D eigenvalue weighted by Crippen LogP contribution is -2.49. The van der Waals surface area contributed by atoms with Gasteiger partial charge in [-0.1, -0.05) is 19.1 Å². The molecule has 2 aliphatic heterocycles. The van der Waals surface area contributed by atoms with Gasteiger partial charge in [-0.25, -0.2) is 9.97 Å². The van der Waals surface area contributed by atoms with Crippen LogP contribution in [-0.2, 0) is 4.79 Å². The summed E-state index contributed by atoms with van der Waals surface area (Å²) in [6, 6.07) is 9.92. The van der Waals surface area contributed by atoms with E-state index in [2.05, 4.69) is 32.5 Å². The largest absolute Gasteiger partial charge is 0.339 e. The fourth-order valence-corrected chi connectivity index (χ4v) is 5.94. The number of piperidine rings is 1. The van der Waals surface area contributed by atoms with Gasteiger partial charge in [0.05, 0.1) is 29.7 Å². The first-order valence-electron chi connectivity index (χ1n) is 13.6. The summed E-state index contributed by atoms with van der Waals surface area (Å²) in [7, 11) is 0. The van der Waals surface area contributed by atoms with Crippen LogP contribution in [0, 0.1) is 23.7 Å². The van der Waals surface area contributed by atoms with Crippen molar-refractivity contribution in [3.63, 3.8) is 0 Å². The summed E-state index contributed by atoms with van der Waals surface area (Å²) >= 11 is 0. The van der Waals surface area contributed by atoms with Gasteiger partial charge in [-0.3, -0.25) is 14.3 Å². The van der Waals surface area contributed by atoms with Crippen LogP contribution in [0.1, 0.15) is 67.4 Å². The maximum Gasteiger partial charge on any atom is 0.252 e. The number of aromatic nitrogens is 4. The van der Waals surface area contributed by atoms with E-state index in [0.29, 0.717) is 29.5 Å². The number of carbonyl (C=O) groups is 2. The number of nitriles is 1. The first kappa shape index (κ1) is 25.0. The quantitative estimate of drug-likeness (QED) is 0.445. The second-order valence-corrected chi connectivity index (χ2v) is 11.3. The Bertz CT molecular complexity index is 1440. The molecular formula is C29H32N8O2. The Balaban J connectivity index is 1.13. The molecule has 4 heterocycles. The van der Waals surface area contributed by atoms with Crippen molar-refractivity contribution in [2.24, 2.45) is 5.41 Å². The van der Waals surface area contributed by atoms with Crippen LogP contribution < -0.4 is 10.6 Å². The van der Waals surface area contributed by atoms with Crippen molar-refractivity contribution < 1.29 is 9.59 Å². The molecule has 2 aromatic heterocycles. The van der Waals surface area contributed by atoms with E-state index in [1.165, 1.54) is 0 Å². The monoisotopic (exact) mass is 524 g/mol. The number of benzene rings is 1.